The van der Waals surface area contributed by atoms with Crippen LogP contribution in [0.3, 0.4) is 0 Å². The van der Waals surface area contributed by atoms with Crippen molar-refractivity contribution in [1.29, 1.82) is 0 Å². The summed E-state index contributed by atoms with van der Waals surface area (Å²) < 4.78 is 13.0. The van der Waals surface area contributed by atoms with Crippen molar-refractivity contribution in [3.63, 3.8) is 0 Å². The molecule has 14 heavy (non-hydrogen) atoms. The second-order valence-electron chi connectivity index (χ2n) is 3.96. The Morgan fingerprint density at radius 3 is 2.57 bits per heavy atom. The van der Waals surface area contributed by atoms with E-state index in [4.69, 9.17) is 0 Å². The smallest absolute Gasteiger partial charge is 0.123 e. The van der Waals surface area contributed by atoms with Gasteiger partial charge in [-0.05, 0) is 36.6 Å². The third-order valence-electron chi connectivity index (χ3n) is 2.51. The molecule has 1 atom stereocenters. The number of likely N-dealkylation sites (N-methyl/N-ethyl adjacent to an activating group) is 1. The van der Waals surface area contributed by atoms with Crippen molar-refractivity contribution in [2.45, 2.75) is 19.8 Å². The average Bonchev–Trinajstić information content (AvgIpc) is 2.13. The van der Waals surface area contributed by atoms with Crippen LogP contribution >= 0.6 is 0 Å². The minimum absolute atomic E-state index is 0.149. The lowest BCUT2D eigenvalue weighted by Gasteiger charge is -2.20. The summed E-state index contributed by atoms with van der Waals surface area (Å²) in [6.45, 7) is 5.21. The largest absolute Gasteiger partial charge is 0.319 e. The Bertz CT molecular complexity index is 283. The van der Waals surface area contributed by atoms with Crippen molar-refractivity contribution in [2.24, 2.45) is 5.92 Å². The van der Waals surface area contributed by atoms with Crippen molar-refractivity contribution in [2.75, 3.05) is 13.6 Å². The van der Waals surface area contributed by atoms with E-state index >= 15 is 0 Å². The lowest BCUT2D eigenvalue weighted by atomic mass is 9.88. The number of benzene rings is 1. The summed E-state index contributed by atoms with van der Waals surface area (Å²) in [6.07, 6.45) is 0. The highest BCUT2D eigenvalue weighted by atomic mass is 19.1. The number of halogens is 1. The van der Waals surface area contributed by atoms with Gasteiger partial charge in [0, 0.05) is 6.54 Å². The molecule has 1 aromatic rings. The SMILES string of the molecule is CNCC(c1cccc(F)c1)C(C)C. The maximum Gasteiger partial charge on any atom is 0.123 e. The van der Waals surface area contributed by atoms with Crippen LogP contribution in [0.1, 0.15) is 25.3 Å². The summed E-state index contributed by atoms with van der Waals surface area (Å²) in [5.41, 5.74) is 1.08. The molecule has 2 heteroatoms. The van der Waals surface area contributed by atoms with Crippen LogP contribution in [0, 0.1) is 11.7 Å². The molecular formula is C12H18FN. The van der Waals surface area contributed by atoms with Gasteiger partial charge in [-0.25, -0.2) is 4.39 Å². The van der Waals surface area contributed by atoms with Crippen LogP contribution in [0.2, 0.25) is 0 Å². The van der Waals surface area contributed by atoms with Gasteiger partial charge >= 0.3 is 0 Å². The van der Waals surface area contributed by atoms with Crippen LogP contribution in [0.15, 0.2) is 24.3 Å². The third-order valence-corrected chi connectivity index (χ3v) is 2.51. The molecule has 0 saturated carbocycles. The van der Waals surface area contributed by atoms with Crippen molar-refractivity contribution in [3.8, 4) is 0 Å². The first-order valence-corrected chi connectivity index (χ1v) is 5.05. The molecule has 1 N–H and O–H groups in total. The molecule has 1 rings (SSSR count). The van der Waals surface area contributed by atoms with E-state index in [-0.39, 0.29) is 5.82 Å². The minimum Gasteiger partial charge on any atom is -0.319 e. The van der Waals surface area contributed by atoms with E-state index in [0.29, 0.717) is 11.8 Å². The van der Waals surface area contributed by atoms with Gasteiger partial charge in [0.2, 0.25) is 0 Å². The zero-order chi connectivity index (χ0) is 10.6. The van der Waals surface area contributed by atoms with Crippen LogP contribution in [-0.4, -0.2) is 13.6 Å². The van der Waals surface area contributed by atoms with Gasteiger partial charge in [-0.1, -0.05) is 26.0 Å². The fourth-order valence-corrected chi connectivity index (χ4v) is 1.70. The molecule has 78 valence electrons. The standard InChI is InChI=1S/C12H18FN/c1-9(2)12(8-14-3)10-5-4-6-11(13)7-10/h4-7,9,12,14H,8H2,1-3H3. The molecule has 0 aliphatic rings. The maximum atomic E-state index is 13.0. The van der Waals surface area contributed by atoms with E-state index < -0.39 is 0 Å². The highest BCUT2D eigenvalue weighted by molar-refractivity contribution is 5.21. The third kappa shape index (κ3) is 2.81. The maximum absolute atomic E-state index is 13.0. The Hall–Kier alpha value is -0.890. The molecule has 0 saturated heterocycles. The molecule has 0 fully saturated rings. The van der Waals surface area contributed by atoms with Gasteiger partial charge in [0.05, 0.1) is 0 Å². The Balaban J connectivity index is 2.87. The van der Waals surface area contributed by atoms with E-state index in [1.54, 1.807) is 12.1 Å². The van der Waals surface area contributed by atoms with Gasteiger partial charge < -0.3 is 5.32 Å². The molecule has 0 heterocycles. The predicted octanol–water partition coefficient (Wildman–Crippen LogP) is 2.78. The number of hydrogen-bond acceptors (Lipinski definition) is 1. The van der Waals surface area contributed by atoms with Crippen LogP contribution in [0.5, 0.6) is 0 Å². The van der Waals surface area contributed by atoms with Gasteiger partial charge in [-0.15, -0.1) is 0 Å². The Morgan fingerprint density at radius 1 is 1.36 bits per heavy atom. The topological polar surface area (TPSA) is 12.0 Å². The molecule has 0 aliphatic carbocycles. The lowest BCUT2D eigenvalue weighted by molar-refractivity contribution is 0.475. The quantitative estimate of drug-likeness (QED) is 0.779. The zero-order valence-electron chi connectivity index (χ0n) is 9.05. The predicted molar refractivity (Wildman–Crippen MR) is 57.9 cm³/mol. The van der Waals surface area contributed by atoms with Crippen LogP contribution in [0.25, 0.3) is 0 Å². The monoisotopic (exact) mass is 195 g/mol. The van der Waals surface area contributed by atoms with Crippen molar-refractivity contribution < 1.29 is 4.39 Å². The van der Waals surface area contributed by atoms with Gasteiger partial charge in [0.1, 0.15) is 5.82 Å². The van der Waals surface area contributed by atoms with Gasteiger partial charge in [0.15, 0.2) is 0 Å². The second kappa shape index (κ2) is 5.11. The molecule has 1 unspecified atom stereocenters. The Kier molecular flexibility index (Phi) is 4.08. The van der Waals surface area contributed by atoms with Gasteiger partial charge in [0.25, 0.3) is 0 Å². The summed E-state index contributed by atoms with van der Waals surface area (Å²) in [5, 5.41) is 3.14. The molecule has 1 aromatic carbocycles. The number of nitrogens with one attached hydrogen (secondary N) is 1. The van der Waals surface area contributed by atoms with E-state index in [9.17, 15) is 4.39 Å². The van der Waals surface area contributed by atoms with E-state index in [1.807, 2.05) is 13.1 Å². The van der Waals surface area contributed by atoms with E-state index in [1.165, 1.54) is 6.07 Å². The summed E-state index contributed by atoms with van der Waals surface area (Å²) >= 11 is 0. The molecule has 0 amide bonds. The molecule has 0 spiro atoms. The molecule has 0 aliphatic heterocycles. The Morgan fingerprint density at radius 2 is 2.07 bits per heavy atom. The molecule has 0 aromatic heterocycles. The highest BCUT2D eigenvalue weighted by Gasteiger charge is 2.14. The summed E-state index contributed by atoms with van der Waals surface area (Å²) in [5.74, 6) is 0.754. The fraction of sp³-hybridized carbons (Fsp3) is 0.500. The molecule has 0 bridgehead atoms. The van der Waals surface area contributed by atoms with Gasteiger partial charge in [-0.3, -0.25) is 0 Å². The van der Waals surface area contributed by atoms with Crippen LogP contribution in [0.4, 0.5) is 4.39 Å². The normalized spacial score (nSPS) is 13.2. The van der Waals surface area contributed by atoms with E-state index in [2.05, 4.69) is 19.2 Å². The van der Waals surface area contributed by atoms with Crippen LogP contribution in [-0.2, 0) is 0 Å². The first-order valence-electron chi connectivity index (χ1n) is 5.05. The first kappa shape index (κ1) is 11.2. The highest BCUT2D eigenvalue weighted by Crippen LogP contribution is 2.23. The molecule has 1 nitrogen and oxygen atoms in total. The van der Waals surface area contributed by atoms with Crippen molar-refractivity contribution >= 4 is 0 Å². The van der Waals surface area contributed by atoms with Crippen molar-refractivity contribution in [3.05, 3.63) is 35.6 Å². The zero-order valence-corrected chi connectivity index (χ0v) is 9.05. The number of hydrogen-bond donors (Lipinski definition) is 1. The van der Waals surface area contributed by atoms with Gasteiger partial charge in [-0.2, -0.15) is 0 Å². The summed E-state index contributed by atoms with van der Waals surface area (Å²) in [4.78, 5) is 0. The van der Waals surface area contributed by atoms with Crippen LogP contribution < -0.4 is 5.32 Å². The molecule has 0 radical (unpaired) electrons. The molecular weight excluding hydrogens is 177 g/mol. The lowest BCUT2D eigenvalue weighted by Crippen LogP contribution is -2.21. The Labute approximate surface area is 85.3 Å². The minimum atomic E-state index is -0.149. The second-order valence-corrected chi connectivity index (χ2v) is 3.96. The summed E-state index contributed by atoms with van der Waals surface area (Å²) in [7, 11) is 1.93. The first-order chi connectivity index (χ1) is 6.65. The van der Waals surface area contributed by atoms with E-state index in [0.717, 1.165) is 12.1 Å². The van der Waals surface area contributed by atoms with Crippen molar-refractivity contribution in [1.82, 2.24) is 5.32 Å². The summed E-state index contributed by atoms with van der Waals surface area (Å²) in [6, 6.07) is 6.88. The average molecular weight is 195 g/mol. The fourth-order valence-electron chi connectivity index (χ4n) is 1.70. The number of rotatable bonds is 4.